The van der Waals surface area contributed by atoms with Gasteiger partial charge in [0.2, 0.25) is 11.9 Å². The molecule has 0 fully saturated rings. The van der Waals surface area contributed by atoms with E-state index < -0.39 is 12.1 Å². The first kappa shape index (κ1) is 30.7. The Bertz CT molecular complexity index is 1110. The van der Waals surface area contributed by atoms with Gasteiger partial charge in [0.1, 0.15) is 12.3 Å². The number of aromatic nitrogens is 2. The number of rotatable bonds is 11. The predicted octanol–water partition coefficient (Wildman–Crippen LogP) is 0.379. The number of amides is 1. The molecule has 0 saturated carbocycles. The lowest BCUT2D eigenvalue weighted by Gasteiger charge is -2.13. The number of aryl methyl sites for hydroxylation is 1. The minimum atomic E-state index is -5.08. The number of methoxy groups -OCH3 is 1. The van der Waals surface area contributed by atoms with Crippen LogP contribution in [0.3, 0.4) is 0 Å². The third-order valence-corrected chi connectivity index (χ3v) is 4.37. The van der Waals surface area contributed by atoms with Crippen LogP contribution in [0.5, 0.6) is 5.75 Å². The SMILES string of the molecule is COc1ccc(CCNc2ncc(C)n(CC(=O)NCCONC(=N)N)c2=O)cc1.O=C(O)C(F)(F)F. The number of nitrogens with two attached hydrogens (primary N) is 1. The van der Waals surface area contributed by atoms with E-state index in [-0.39, 0.29) is 42.9 Å². The van der Waals surface area contributed by atoms with Crippen molar-refractivity contribution in [3.63, 3.8) is 0 Å². The van der Waals surface area contributed by atoms with Crippen LogP contribution in [0.25, 0.3) is 0 Å². The van der Waals surface area contributed by atoms with Gasteiger partial charge in [0.15, 0.2) is 5.82 Å². The molecule has 0 aliphatic rings. The summed E-state index contributed by atoms with van der Waals surface area (Å²) in [5, 5.41) is 19.7. The second kappa shape index (κ2) is 14.9. The lowest BCUT2D eigenvalue weighted by atomic mass is 10.1. The molecule has 37 heavy (non-hydrogen) atoms. The number of ether oxygens (including phenoxy) is 1. The topological polar surface area (TPSA) is 194 Å². The maximum atomic E-state index is 12.7. The van der Waals surface area contributed by atoms with Gasteiger partial charge in [-0.25, -0.2) is 15.3 Å². The Hall–Kier alpha value is -4.34. The molecule has 204 valence electrons. The Morgan fingerprint density at radius 3 is 2.38 bits per heavy atom. The van der Waals surface area contributed by atoms with E-state index in [1.165, 1.54) is 4.57 Å². The number of hydrogen-bond acceptors (Lipinski definition) is 8. The number of anilines is 1. The van der Waals surface area contributed by atoms with Crippen LogP contribution in [0.1, 0.15) is 11.3 Å². The number of nitrogens with one attached hydrogen (secondary N) is 4. The lowest BCUT2D eigenvalue weighted by molar-refractivity contribution is -0.192. The molecule has 1 aromatic carbocycles. The molecule has 0 saturated heterocycles. The van der Waals surface area contributed by atoms with E-state index in [1.807, 2.05) is 24.3 Å². The summed E-state index contributed by atoms with van der Waals surface area (Å²) in [5.74, 6) is -2.45. The Kier molecular flexibility index (Phi) is 12.4. The standard InChI is InChI=1S/C19H27N7O4.C2HF3O2/c1-13-11-24-17(23-8-7-14-3-5-15(29-2)6-4-14)18(28)26(13)12-16(27)22-9-10-30-25-19(20)21;3-2(4,5)1(6)7/h3-6,11H,7-10,12H2,1-2H3,(H,22,27)(H,23,24)(H4,20,21,25);(H,6,7). The Labute approximate surface area is 209 Å². The van der Waals surface area contributed by atoms with Crippen molar-refractivity contribution in [3.8, 4) is 5.75 Å². The first-order chi connectivity index (χ1) is 17.3. The first-order valence-electron chi connectivity index (χ1n) is 10.6. The summed E-state index contributed by atoms with van der Waals surface area (Å²) in [6.07, 6.45) is -2.84. The molecule has 2 aromatic rings. The van der Waals surface area contributed by atoms with Crippen molar-refractivity contribution in [1.29, 1.82) is 5.41 Å². The van der Waals surface area contributed by atoms with Crippen LogP contribution in [-0.4, -0.2) is 65.5 Å². The first-order valence-corrected chi connectivity index (χ1v) is 10.6. The number of guanidine groups is 1. The average Bonchev–Trinajstić information content (AvgIpc) is 2.83. The van der Waals surface area contributed by atoms with E-state index in [0.717, 1.165) is 11.3 Å². The van der Waals surface area contributed by atoms with Gasteiger partial charge in [0.05, 0.1) is 13.7 Å². The normalized spacial score (nSPS) is 10.5. The summed E-state index contributed by atoms with van der Waals surface area (Å²) in [6.45, 7) is 2.41. The molecule has 2 rings (SSSR count). The van der Waals surface area contributed by atoms with E-state index in [1.54, 1.807) is 20.2 Å². The van der Waals surface area contributed by atoms with Crippen LogP contribution >= 0.6 is 0 Å². The molecule has 0 aliphatic heterocycles. The van der Waals surface area contributed by atoms with Crippen LogP contribution in [0.4, 0.5) is 19.0 Å². The maximum Gasteiger partial charge on any atom is 0.490 e. The lowest BCUT2D eigenvalue weighted by Crippen LogP contribution is -2.37. The number of carbonyl (C=O) groups is 2. The van der Waals surface area contributed by atoms with E-state index >= 15 is 0 Å². The molecular formula is C21H28F3N7O6. The van der Waals surface area contributed by atoms with Crippen molar-refractivity contribution in [3.05, 3.63) is 52.1 Å². The average molecular weight is 531 g/mol. The number of carbonyl (C=O) groups excluding carboxylic acids is 1. The van der Waals surface area contributed by atoms with Gasteiger partial charge in [-0.15, -0.1) is 0 Å². The number of aliphatic carboxylic acids is 1. The third kappa shape index (κ3) is 11.8. The number of hydrogen-bond donors (Lipinski definition) is 6. The fourth-order valence-corrected chi connectivity index (χ4v) is 2.58. The van der Waals surface area contributed by atoms with E-state index in [2.05, 4.69) is 21.1 Å². The molecular weight excluding hydrogens is 503 g/mol. The van der Waals surface area contributed by atoms with Crippen molar-refractivity contribution in [2.24, 2.45) is 5.73 Å². The fraction of sp³-hybridized carbons (Fsp3) is 0.381. The molecule has 1 amide bonds. The summed E-state index contributed by atoms with van der Waals surface area (Å²) in [7, 11) is 1.62. The van der Waals surface area contributed by atoms with Gasteiger partial charge >= 0.3 is 12.1 Å². The minimum absolute atomic E-state index is 0.119. The Morgan fingerprint density at radius 2 is 1.84 bits per heavy atom. The van der Waals surface area contributed by atoms with Crippen LogP contribution in [-0.2, 0) is 27.4 Å². The quantitative estimate of drug-likeness (QED) is 0.102. The summed E-state index contributed by atoms with van der Waals surface area (Å²) in [5.41, 5.74) is 8.53. The molecule has 0 aliphatic carbocycles. The van der Waals surface area contributed by atoms with Gasteiger partial charge in [0.25, 0.3) is 5.56 Å². The highest BCUT2D eigenvalue weighted by Gasteiger charge is 2.38. The van der Waals surface area contributed by atoms with Crippen LogP contribution < -0.4 is 32.1 Å². The highest BCUT2D eigenvalue weighted by molar-refractivity contribution is 5.76. The van der Waals surface area contributed by atoms with Crippen molar-refractivity contribution >= 4 is 23.7 Å². The zero-order valence-corrected chi connectivity index (χ0v) is 20.0. The fourth-order valence-electron chi connectivity index (χ4n) is 2.58. The van der Waals surface area contributed by atoms with Gasteiger partial charge in [-0.1, -0.05) is 12.1 Å². The molecule has 13 nitrogen and oxygen atoms in total. The number of halogens is 3. The Morgan fingerprint density at radius 1 is 1.22 bits per heavy atom. The second-order valence-corrected chi connectivity index (χ2v) is 7.18. The molecule has 0 spiro atoms. The third-order valence-electron chi connectivity index (χ3n) is 4.37. The molecule has 0 atom stereocenters. The highest BCUT2D eigenvalue weighted by Crippen LogP contribution is 2.13. The number of nitrogens with zero attached hydrogens (tertiary/aromatic N) is 2. The largest absolute Gasteiger partial charge is 0.497 e. The highest BCUT2D eigenvalue weighted by atomic mass is 19.4. The maximum absolute atomic E-state index is 12.7. The van der Waals surface area contributed by atoms with Gasteiger partial charge in [-0.3, -0.25) is 24.4 Å². The minimum Gasteiger partial charge on any atom is -0.497 e. The van der Waals surface area contributed by atoms with Crippen LogP contribution in [0.15, 0.2) is 35.3 Å². The zero-order chi connectivity index (χ0) is 28.0. The predicted molar refractivity (Wildman–Crippen MR) is 126 cm³/mol. The zero-order valence-electron chi connectivity index (χ0n) is 20.0. The van der Waals surface area contributed by atoms with Gasteiger partial charge < -0.3 is 26.2 Å². The van der Waals surface area contributed by atoms with Gasteiger partial charge in [-0.2, -0.15) is 13.2 Å². The van der Waals surface area contributed by atoms with Crippen LogP contribution in [0, 0.1) is 12.3 Å². The molecule has 7 N–H and O–H groups in total. The van der Waals surface area contributed by atoms with E-state index in [4.69, 9.17) is 30.6 Å². The number of benzene rings is 1. The van der Waals surface area contributed by atoms with Crippen molar-refractivity contribution in [2.75, 3.05) is 32.1 Å². The summed E-state index contributed by atoms with van der Waals surface area (Å²) in [6, 6.07) is 7.68. The van der Waals surface area contributed by atoms with Crippen molar-refractivity contribution in [1.82, 2.24) is 20.3 Å². The number of alkyl halides is 3. The number of carboxylic acid groups (broad SMARTS) is 1. The molecule has 0 bridgehead atoms. The molecule has 1 aromatic heterocycles. The smallest absolute Gasteiger partial charge is 0.490 e. The van der Waals surface area contributed by atoms with Crippen molar-refractivity contribution < 1.29 is 37.4 Å². The number of hydroxylamine groups is 1. The summed E-state index contributed by atoms with van der Waals surface area (Å²) < 4.78 is 38.2. The monoisotopic (exact) mass is 531 g/mol. The number of carboxylic acids is 1. The Balaban J connectivity index is 0.000000856. The molecule has 1 heterocycles. The molecule has 16 heteroatoms. The summed E-state index contributed by atoms with van der Waals surface area (Å²) in [4.78, 5) is 42.7. The van der Waals surface area contributed by atoms with Crippen molar-refractivity contribution in [2.45, 2.75) is 26.1 Å². The van der Waals surface area contributed by atoms with E-state index in [9.17, 15) is 22.8 Å². The second-order valence-electron chi connectivity index (χ2n) is 7.18. The molecule has 0 radical (unpaired) electrons. The molecule has 0 unspecified atom stereocenters. The van der Waals surface area contributed by atoms with Gasteiger partial charge in [0, 0.05) is 25.0 Å². The van der Waals surface area contributed by atoms with Gasteiger partial charge in [-0.05, 0) is 31.0 Å². The van der Waals surface area contributed by atoms with E-state index in [0.29, 0.717) is 18.7 Å². The summed E-state index contributed by atoms with van der Waals surface area (Å²) >= 11 is 0. The van der Waals surface area contributed by atoms with Crippen LogP contribution in [0.2, 0.25) is 0 Å².